The van der Waals surface area contributed by atoms with Crippen LogP contribution in [0.4, 0.5) is 4.39 Å². The summed E-state index contributed by atoms with van der Waals surface area (Å²) in [5.74, 6) is 2.62. The second kappa shape index (κ2) is 6.72. The molecule has 0 amide bonds. The van der Waals surface area contributed by atoms with Gasteiger partial charge in [0.15, 0.2) is 0 Å². The van der Waals surface area contributed by atoms with Crippen molar-refractivity contribution in [2.45, 2.75) is 37.3 Å². The van der Waals surface area contributed by atoms with Crippen LogP contribution in [0.25, 0.3) is 0 Å². The van der Waals surface area contributed by atoms with Crippen LogP contribution in [0.1, 0.15) is 37.3 Å². The first-order valence-electron chi connectivity index (χ1n) is 7.52. The maximum absolute atomic E-state index is 13.3. The molecule has 1 aromatic rings. The van der Waals surface area contributed by atoms with Crippen molar-refractivity contribution in [1.29, 1.82) is 0 Å². The lowest BCUT2D eigenvalue weighted by molar-refractivity contribution is -0.105. The largest absolute Gasteiger partial charge is 0.375 e. The van der Waals surface area contributed by atoms with Gasteiger partial charge < -0.3 is 10.5 Å². The van der Waals surface area contributed by atoms with Gasteiger partial charge in [0, 0.05) is 16.2 Å². The molecule has 2 nitrogen and oxygen atoms in total. The van der Waals surface area contributed by atoms with Crippen LogP contribution in [0.15, 0.2) is 18.2 Å². The predicted octanol–water partition coefficient (Wildman–Crippen LogP) is 4.12. The Hall–Kier alpha value is 0.150. The Balaban J connectivity index is 1.76. The van der Waals surface area contributed by atoms with E-state index < -0.39 is 0 Å². The van der Waals surface area contributed by atoms with Crippen molar-refractivity contribution in [3.63, 3.8) is 0 Å². The first-order chi connectivity index (χ1) is 10.1. The number of hydrogen-bond donors (Lipinski definition) is 1. The highest BCUT2D eigenvalue weighted by atomic mass is 127. The number of halogens is 2. The fourth-order valence-electron chi connectivity index (χ4n) is 3.49. The first-order valence-corrected chi connectivity index (χ1v) is 9.75. The minimum atomic E-state index is -0.192. The van der Waals surface area contributed by atoms with E-state index in [1.807, 2.05) is 17.8 Å². The van der Waals surface area contributed by atoms with Gasteiger partial charge in [-0.15, -0.1) is 0 Å². The molecular weight excluding hydrogens is 400 g/mol. The Morgan fingerprint density at radius 2 is 2.14 bits per heavy atom. The van der Waals surface area contributed by atoms with Gasteiger partial charge in [0.25, 0.3) is 0 Å². The number of hydrogen-bond acceptors (Lipinski definition) is 3. The number of benzene rings is 1. The molecule has 0 radical (unpaired) electrons. The van der Waals surface area contributed by atoms with Gasteiger partial charge in [0.2, 0.25) is 0 Å². The van der Waals surface area contributed by atoms with Crippen LogP contribution in [0.3, 0.4) is 0 Å². The van der Waals surface area contributed by atoms with E-state index in [0.717, 1.165) is 41.4 Å². The molecule has 0 aliphatic carbocycles. The Morgan fingerprint density at radius 1 is 1.38 bits per heavy atom. The number of nitrogens with two attached hydrogens (primary N) is 1. The third-order valence-corrected chi connectivity index (χ3v) is 6.68. The van der Waals surface area contributed by atoms with Gasteiger partial charge in [0.1, 0.15) is 5.82 Å². The lowest BCUT2D eigenvalue weighted by Gasteiger charge is -2.45. The molecule has 5 heteroatoms. The van der Waals surface area contributed by atoms with Crippen LogP contribution >= 0.6 is 34.4 Å². The summed E-state index contributed by atoms with van der Waals surface area (Å²) in [6.07, 6.45) is 4.33. The SMILES string of the molecule is NC(c1ccc(F)cc1I)C1CCOC2(CCSCC2)C1. The van der Waals surface area contributed by atoms with E-state index >= 15 is 0 Å². The number of rotatable bonds is 2. The first kappa shape index (κ1) is 16.0. The highest BCUT2D eigenvalue weighted by Crippen LogP contribution is 2.43. The summed E-state index contributed by atoms with van der Waals surface area (Å²) in [5, 5.41) is 0. The summed E-state index contributed by atoms with van der Waals surface area (Å²) in [6, 6.07) is 4.92. The lowest BCUT2D eigenvalue weighted by Crippen LogP contribution is -2.45. The maximum Gasteiger partial charge on any atom is 0.124 e. The fourth-order valence-corrected chi connectivity index (χ4v) is 5.56. The van der Waals surface area contributed by atoms with E-state index in [-0.39, 0.29) is 17.5 Å². The molecule has 0 bridgehead atoms. The summed E-state index contributed by atoms with van der Waals surface area (Å²) in [7, 11) is 0. The topological polar surface area (TPSA) is 35.2 Å². The molecule has 116 valence electrons. The quantitative estimate of drug-likeness (QED) is 0.730. The van der Waals surface area contributed by atoms with Crippen molar-refractivity contribution in [2.24, 2.45) is 11.7 Å². The van der Waals surface area contributed by atoms with Crippen molar-refractivity contribution in [3.05, 3.63) is 33.1 Å². The average molecular weight is 421 g/mol. The van der Waals surface area contributed by atoms with Crippen molar-refractivity contribution >= 4 is 34.4 Å². The van der Waals surface area contributed by atoms with Gasteiger partial charge in [0.05, 0.1) is 5.60 Å². The summed E-state index contributed by atoms with van der Waals surface area (Å²) in [5.41, 5.74) is 7.65. The lowest BCUT2D eigenvalue weighted by atomic mass is 9.77. The minimum Gasteiger partial charge on any atom is -0.375 e. The van der Waals surface area contributed by atoms with Crippen molar-refractivity contribution < 1.29 is 9.13 Å². The van der Waals surface area contributed by atoms with Crippen LogP contribution in [0.5, 0.6) is 0 Å². The molecule has 2 unspecified atom stereocenters. The molecule has 0 saturated carbocycles. The molecule has 2 heterocycles. The smallest absolute Gasteiger partial charge is 0.124 e. The second-order valence-corrected chi connectivity index (χ2v) is 8.48. The molecule has 2 saturated heterocycles. The average Bonchev–Trinajstić information content (AvgIpc) is 2.47. The van der Waals surface area contributed by atoms with Crippen LogP contribution in [-0.2, 0) is 4.74 Å². The van der Waals surface area contributed by atoms with Crippen molar-refractivity contribution in [2.75, 3.05) is 18.1 Å². The Labute approximate surface area is 143 Å². The van der Waals surface area contributed by atoms with E-state index in [0.29, 0.717) is 5.92 Å². The van der Waals surface area contributed by atoms with Crippen LogP contribution in [-0.4, -0.2) is 23.7 Å². The Morgan fingerprint density at radius 3 is 2.86 bits per heavy atom. The molecule has 2 aliphatic rings. The molecular formula is C16H21FINOS. The van der Waals surface area contributed by atoms with E-state index in [9.17, 15) is 4.39 Å². The van der Waals surface area contributed by atoms with Crippen molar-refractivity contribution in [1.82, 2.24) is 0 Å². The van der Waals surface area contributed by atoms with E-state index in [1.165, 1.54) is 17.6 Å². The van der Waals surface area contributed by atoms with Crippen molar-refractivity contribution in [3.8, 4) is 0 Å². The van der Waals surface area contributed by atoms with Crippen LogP contribution < -0.4 is 5.73 Å². The standard InChI is InChI=1S/C16H21FINOS/c17-12-1-2-13(14(18)9-12)15(19)11-3-6-20-16(10-11)4-7-21-8-5-16/h1-2,9,11,15H,3-8,10,19H2. The summed E-state index contributed by atoms with van der Waals surface area (Å²) >= 11 is 4.21. The Kier molecular flexibility index (Phi) is 5.13. The maximum atomic E-state index is 13.3. The van der Waals surface area contributed by atoms with E-state index in [2.05, 4.69) is 22.6 Å². The van der Waals surface area contributed by atoms with Gasteiger partial charge in [-0.05, 0) is 83.4 Å². The van der Waals surface area contributed by atoms with Gasteiger partial charge >= 0.3 is 0 Å². The second-order valence-electron chi connectivity index (χ2n) is 6.09. The monoisotopic (exact) mass is 421 g/mol. The molecule has 1 spiro atoms. The molecule has 21 heavy (non-hydrogen) atoms. The van der Waals surface area contributed by atoms with Crippen LogP contribution in [0.2, 0.25) is 0 Å². The van der Waals surface area contributed by atoms with Gasteiger partial charge in [-0.3, -0.25) is 0 Å². The van der Waals surface area contributed by atoms with Gasteiger partial charge in [-0.25, -0.2) is 4.39 Å². The predicted molar refractivity (Wildman–Crippen MR) is 94.0 cm³/mol. The Bertz CT molecular complexity index is 502. The molecule has 0 aromatic heterocycles. The molecule has 3 rings (SSSR count). The van der Waals surface area contributed by atoms with E-state index in [1.54, 1.807) is 6.07 Å². The third-order valence-electron chi connectivity index (χ3n) is 4.76. The van der Waals surface area contributed by atoms with Crippen LogP contribution in [0, 0.1) is 15.3 Å². The normalized spacial score (nSPS) is 26.7. The van der Waals surface area contributed by atoms with E-state index in [4.69, 9.17) is 10.5 Å². The summed E-state index contributed by atoms with van der Waals surface area (Å²) in [4.78, 5) is 0. The summed E-state index contributed by atoms with van der Waals surface area (Å²) in [6.45, 7) is 0.806. The number of ether oxygens (including phenoxy) is 1. The zero-order valence-corrected chi connectivity index (χ0v) is 15.0. The molecule has 2 N–H and O–H groups in total. The van der Waals surface area contributed by atoms with Gasteiger partial charge in [-0.1, -0.05) is 6.07 Å². The summed E-state index contributed by atoms with van der Waals surface area (Å²) < 4.78 is 20.3. The molecule has 2 fully saturated rings. The zero-order valence-electron chi connectivity index (χ0n) is 12.0. The zero-order chi connectivity index (χ0) is 14.9. The fraction of sp³-hybridized carbons (Fsp3) is 0.625. The number of thioether (sulfide) groups is 1. The molecule has 2 atom stereocenters. The minimum absolute atomic E-state index is 0.0205. The highest BCUT2D eigenvalue weighted by molar-refractivity contribution is 14.1. The highest BCUT2D eigenvalue weighted by Gasteiger charge is 2.40. The third kappa shape index (κ3) is 3.57. The molecule has 2 aliphatic heterocycles. The van der Waals surface area contributed by atoms with Gasteiger partial charge in [-0.2, -0.15) is 11.8 Å². The molecule has 1 aromatic carbocycles.